The molecule has 7 heteroatoms. The number of ketones is 1. The molecule has 3 aliphatic rings. The smallest absolute Gasteiger partial charge is 0.231 e. The van der Waals surface area contributed by atoms with Crippen LogP contribution in [-0.2, 0) is 11.2 Å². The number of amides is 1. The third-order valence-corrected chi connectivity index (χ3v) is 6.97. The molecule has 162 valence electrons. The van der Waals surface area contributed by atoms with Crippen molar-refractivity contribution < 1.29 is 14.0 Å². The maximum absolute atomic E-state index is 13.3. The van der Waals surface area contributed by atoms with Gasteiger partial charge < -0.3 is 15.6 Å². The highest BCUT2D eigenvalue weighted by molar-refractivity contribution is 6.10. The molecular formula is C25H23FN4O2. The number of hydrogen-bond acceptors (Lipinski definition) is 4. The summed E-state index contributed by atoms with van der Waals surface area (Å²) in [5.41, 5.74) is 4.93. The molecular weight excluding hydrogens is 407 g/mol. The molecule has 1 unspecified atom stereocenters. The van der Waals surface area contributed by atoms with Crippen molar-refractivity contribution in [2.75, 3.05) is 10.6 Å². The summed E-state index contributed by atoms with van der Waals surface area (Å²) in [5, 5.41) is 6.16. The first kappa shape index (κ1) is 19.2. The summed E-state index contributed by atoms with van der Waals surface area (Å²) < 4.78 is 13.2. The number of nitrogens with one attached hydrogen (secondary N) is 3. The molecule has 2 aromatic heterocycles. The number of hydrogen-bond donors (Lipinski definition) is 3. The second-order valence-corrected chi connectivity index (χ2v) is 9.45. The number of para-hydroxylation sites is 1. The van der Waals surface area contributed by atoms with Crippen molar-refractivity contribution in [2.24, 2.45) is 17.3 Å². The maximum Gasteiger partial charge on any atom is 0.231 e. The molecule has 3 aromatic rings. The average molecular weight is 430 g/mol. The largest absolute Gasteiger partial charge is 0.356 e. The minimum Gasteiger partial charge on any atom is -0.356 e. The van der Waals surface area contributed by atoms with Crippen LogP contribution in [0, 0.1) is 17.3 Å². The molecule has 0 spiro atoms. The van der Waals surface area contributed by atoms with Gasteiger partial charge in [0.15, 0.2) is 5.78 Å². The predicted molar refractivity (Wildman–Crippen MR) is 120 cm³/mol. The fraction of sp³-hybridized carbons (Fsp3) is 0.320. The van der Waals surface area contributed by atoms with Crippen molar-refractivity contribution in [3.05, 3.63) is 59.9 Å². The molecule has 0 bridgehead atoms. The van der Waals surface area contributed by atoms with E-state index < -0.39 is 12.1 Å². The van der Waals surface area contributed by atoms with Gasteiger partial charge in [0.2, 0.25) is 5.91 Å². The molecule has 2 saturated carbocycles. The second-order valence-electron chi connectivity index (χ2n) is 9.45. The number of aromatic amines is 1. The number of Topliss-reactive ketones (excluding diaryl/α,β-unsaturated/α-hetero) is 1. The summed E-state index contributed by atoms with van der Waals surface area (Å²) in [5.74, 6) is -0.308. The number of halogens is 1. The molecule has 6 nitrogen and oxygen atoms in total. The normalized spacial score (nSPS) is 27.3. The number of pyridine rings is 1. The van der Waals surface area contributed by atoms with Crippen LogP contribution in [0.2, 0.25) is 0 Å². The average Bonchev–Trinajstić information content (AvgIpc) is 3.65. The van der Waals surface area contributed by atoms with Crippen LogP contribution < -0.4 is 10.6 Å². The van der Waals surface area contributed by atoms with E-state index in [1.54, 1.807) is 12.3 Å². The van der Waals surface area contributed by atoms with E-state index in [0.29, 0.717) is 5.82 Å². The molecule has 32 heavy (non-hydrogen) atoms. The zero-order valence-electron chi connectivity index (χ0n) is 17.6. The number of fused-ring (bicyclic) bond motifs is 2. The van der Waals surface area contributed by atoms with Crippen LogP contribution in [-0.4, -0.2) is 27.8 Å². The number of rotatable bonds is 5. The van der Waals surface area contributed by atoms with Crippen LogP contribution in [0.4, 0.5) is 21.6 Å². The molecule has 2 fully saturated rings. The van der Waals surface area contributed by atoms with Crippen molar-refractivity contribution in [3.8, 4) is 11.3 Å². The first-order valence-electron chi connectivity index (χ1n) is 11.0. The van der Waals surface area contributed by atoms with E-state index in [2.05, 4.69) is 27.5 Å². The molecule has 0 saturated heterocycles. The lowest BCUT2D eigenvalue weighted by atomic mass is 9.87. The molecule has 1 aromatic carbocycles. The maximum atomic E-state index is 13.3. The third kappa shape index (κ3) is 3.11. The molecule has 0 radical (unpaired) electrons. The van der Waals surface area contributed by atoms with Crippen molar-refractivity contribution in [3.63, 3.8) is 0 Å². The van der Waals surface area contributed by atoms with Gasteiger partial charge in [0.05, 0.1) is 22.9 Å². The van der Waals surface area contributed by atoms with Crippen molar-refractivity contribution >= 4 is 28.9 Å². The van der Waals surface area contributed by atoms with E-state index >= 15 is 0 Å². The fourth-order valence-corrected chi connectivity index (χ4v) is 4.86. The van der Waals surface area contributed by atoms with E-state index in [9.17, 15) is 14.0 Å². The Labute approximate surface area is 184 Å². The summed E-state index contributed by atoms with van der Waals surface area (Å²) in [7, 11) is 0. The topological polar surface area (TPSA) is 86.9 Å². The first-order chi connectivity index (χ1) is 15.4. The van der Waals surface area contributed by atoms with Crippen molar-refractivity contribution in [1.29, 1.82) is 0 Å². The number of benzene rings is 1. The van der Waals surface area contributed by atoms with Crippen LogP contribution in [0.25, 0.3) is 11.3 Å². The Bertz CT molecular complexity index is 1250. The third-order valence-electron chi connectivity index (χ3n) is 6.97. The minimum absolute atomic E-state index is 0.0424. The van der Waals surface area contributed by atoms with Gasteiger partial charge in [0.25, 0.3) is 0 Å². The van der Waals surface area contributed by atoms with E-state index in [4.69, 9.17) is 0 Å². The number of carbonyl (C=O) groups excluding carboxylic acids is 2. The van der Waals surface area contributed by atoms with Crippen LogP contribution in [0.5, 0.6) is 0 Å². The molecule has 1 amide bonds. The van der Waals surface area contributed by atoms with Gasteiger partial charge in [-0.15, -0.1) is 0 Å². The van der Waals surface area contributed by atoms with Crippen LogP contribution in [0.15, 0.2) is 48.7 Å². The Morgan fingerprint density at radius 1 is 1.25 bits per heavy atom. The van der Waals surface area contributed by atoms with Gasteiger partial charge in [-0.3, -0.25) is 9.59 Å². The lowest BCUT2D eigenvalue weighted by Gasteiger charge is -2.18. The van der Waals surface area contributed by atoms with Crippen LogP contribution in [0.3, 0.4) is 0 Å². The Morgan fingerprint density at radius 2 is 2.03 bits per heavy atom. The first-order valence-corrected chi connectivity index (χ1v) is 11.0. The highest BCUT2D eigenvalue weighted by Gasteiger charge is 2.58. The van der Waals surface area contributed by atoms with Gasteiger partial charge in [0, 0.05) is 29.1 Å². The quantitative estimate of drug-likeness (QED) is 0.538. The van der Waals surface area contributed by atoms with Crippen LogP contribution in [0.1, 0.15) is 35.8 Å². The van der Waals surface area contributed by atoms with Gasteiger partial charge in [-0.25, -0.2) is 9.37 Å². The molecule has 3 aliphatic carbocycles. The standard InChI is InChI=1S/C25H23FN4O2/c1-25-11-16(25)23(31)20-18(12-25)29-21(22(20)28-14-5-3-2-4-6-14)13-7-8-27-19(9-13)30-24(32)15-10-17(15)26/h2-9,15-17,28-29H,10-12H2,1H3,(H,27,30,32)/t15-,16-,17+,25?/m1/s1. The lowest BCUT2D eigenvalue weighted by molar-refractivity contribution is -0.117. The van der Waals surface area contributed by atoms with Gasteiger partial charge in [0.1, 0.15) is 12.0 Å². The highest BCUT2D eigenvalue weighted by Crippen LogP contribution is 2.60. The SMILES string of the molecule is CC12Cc3[nH]c(-c4ccnc(NC(=O)[C@@H]5C[C@@H]5F)c4)c(Nc4ccccc4)c3C(=O)[C@H]1C2. The minimum atomic E-state index is -1.06. The second kappa shape index (κ2) is 6.76. The summed E-state index contributed by atoms with van der Waals surface area (Å²) in [4.78, 5) is 33.2. The Morgan fingerprint density at radius 3 is 2.78 bits per heavy atom. The summed E-state index contributed by atoms with van der Waals surface area (Å²) >= 11 is 0. The lowest BCUT2D eigenvalue weighted by Crippen LogP contribution is -2.19. The van der Waals surface area contributed by atoms with E-state index in [1.807, 2.05) is 36.4 Å². The molecule has 0 aliphatic heterocycles. The molecule has 3 N–H and O–H groups in total. The van der Waals surface area contributed by atoms with Gasteiger partial charge in [-0.1, -0.05) is 25.1 Å². The van der Waals surface area contributed by atoms with E-state index in [-0.39, 0.29) is 29.4 Å². The predicted octanol–water partition coefficient (Wildman–Crippen LogP) is 4.88. The zero-order valence-corrected chi connectivity index (χ0v) is 17.6. The summed E-state index contributed by atoms with van der Waals surface area (Å²) in [6.07, 6.45) is 2.57. The monoisotopic (exact) mass is 430 g/mol. The number of alkyl halides is 1. The molecule has 4 atom stereocenters. The van der Waals surface area contributed by atoms with Crippen LogP contribution >= 0.6 is 0 Å². The number of aromatic nitrogens is 2. The van der Waals surface area contributed by atoms with Gasteiger partial charge >= 0.3 is 0 Å². The number of H-pyrrole nitrogens is 1. The van der Waals surface area contributed by atoms with Gasteiger partial charge in [-0.2, -0.15) is 0 Å². The van der Waals surface area contributed by atoms with Crippen molar-refractivity contribution in [1.82, 2.24) is 9.97 Å². The highest BCUT2D eigenvalue weighted by atomic mass is 19.1. The molecule has 2 heterocycles. The van der Waals surface area contributed by atoms with E-state index in [0.717, 1.165) is 46.7 Å². The number of anilines is 3. The fourth-order valence-electron chi connectivity index (χ4n) is 4.86. The Balaban J connectivity index is 1.40. The summed E-state index contributed by atoms with van der Waals surface area (Å²) in [6.45, 7) is 2.17. The number of nitrogens with zero attached hydrogens (tertiary/aromatic N) is 1. The molecule has 6 rings (SSSR count). The Kier molecular flexibility index (Phi) is 4.06. The zero-order chi connectivity index (χ0) is 22.0. The van der Waals surface area contributed by atoms with Gasteiger partial charge in [-0.05, 0) is 48.9 Å². The number of carbonyl (C=O) groups is 2. The summed E-state index contributed by atoms with van der Waals surface area (Å²) in [6, 6.07) is 13.3. The van der Waals surface area contributed by atoms with Crippen molar-refractivity contribution in [2.45, 2.75) is 32.4 Å². The van der Waals surface area contributed by atoms with E-state index in [1.165, 1.54) is 0 Å². The Hall–Kier alpha value is -3.48.